The smallest absolute Gasteiger partial charge is 0.304 e. The number of likely N-dealkylation sites (N-methyl/N-ethyl adjacent to an activating group) is 1. The van der Waals surface area contributed by atoms with E-state index in [1.165, 1.54) is 12.8 Å². The largest absolute Gasteiger partial charge is 0.481 e. The normalized spacial score (nSPS) is 24.4. The minimum atomic E-state index is -0.822. The predicted octanol–water partition coefficient (Wildman–Crippen LogP) is 1.87. The van der Waals surface area contributed by atoms with E-state index in [0.29, 0.717) is 12.6 Å². The van der Waals surface area contributed by atoms with Crippen LogP contribution in [0.1, 0.15) is 52.9 Å². The van der Waals surface area contributed by atoms with Crippen molar-refractivity contribution in [1.29, 1.82) is 0 Å². The summed E-state index contributed by atoms with van der Waals surface area (Å²) in [6.07, 6.45) is 4.55. The first-order valence-corrected chi connectivity index (χ1v) is 7.67. The van der Waals surface area contributed by atoms with E-state index in [0.717, 1.165) is 18.8 Å². The first kappa shape index (κ1) is 17.0. The molecule has 5 nitrogen and oxygen atoms in total. The van der Waals surface area contributed by atoms with Gasteiger partial charge in [0.15, 0.2) is 0 Å². The van der Waals surface area contributed by atoms with Gasteiger partial charge < -0.3 is 10.4 Å². The maximum atomic E-state index is 12.1. The molecule has 20 heavy (non-hydrogen) atoms. The fraction of sp³-hybridized carbons (Fsp3) is 0.867. The molecule has 0 spiro atoms. The molecule has 0 aromatic rings. The van der Waals surface area contributed by atoms with E-state index in [-0.39, 0.29) is 24.9 Å². The van der Waals surface area contributed by atoms with Crippen LogP contribution in [-0.2, 0) is 9.59 Å². The molecule has 1 aliphatic carbocycles. The second-order valence-electron chi connectivity index (χ2n) is 6.03. The zero-order chi connectivity index (χ0) is 15.1. The number of rotatable bonds is 7. The Hall–Kier alpha value is -1.10. The Morgan fingerprint density at radius 3 is 2.40 bits per heavy atom. The Kier molecular flexibility index (Phi) is 6.99. The van der Waals surface area contributed by atoms with E-state index in [2.05, 4.69) is 12.2 Å². The zero-order valence-electron chi connectivity index (χ0n) is 12.9. The first-order chi connectivity index (χ1) is 9.42. The Bertz CT molecular complexity index is 325. The van der Waals surface area contributed by atoms with E-state index < -0.39 is 5.97 Å². The molecule has 1 saturated carbocycles. The third-order valence-electron chi connectivity index (χ3n) is 4.23. The lowest BCUT2D eigenvalue weighted by Crippen LogP contribution is -2.46. The molecule has 1 aliphatic rings. The van der Waals surface area contributed by atoms with Gasteiger partial charge in [0.25, 0.3) is 0 Å². The van der Waals surface area contributed by atoms with Crippen LogP contribution in [-0.4, -0.2) is 47.1 Å². The average molecular weight is 284 g/mol. The number of carbonyl (C=O) groups excluding carboxylic acids is 1. The van der Waals surface area contributed by atoms with E-state index in [4.69, 9.17) is 5.11 Å². The molecule has 0 aliphatic heterocycles. The van der Waals surface area contributed by atoms with Gasteiger partial charge in [0, 0.05) is 12.1 Å². The summed E-state index contributed by atoms with van der Waals surface area (Å²) in [4.78, 5) is 24.7. The minimum absolute atomic E-state index is 0.0173. The minimum Gasteiger partial charge on any atom is -0.481 e. The number of amides is 1. The van der Waals surface area contributed by atoms with Crippen LogP contribution in [0, 0.1) is 5.92 Å². The molecular formula is C15H28N2O3. The molecule has 116 valence electrons. The van der Waals surface area contributed by atoms with Gasteiger partial charge >= 0.3 is 5.97 Å². The summed E-state index contributed by atoms with van der Waals surface area (Å²) in [7, 11) is 0. The summed E-state index contributed by atoms with van der Waals surface area (Å²) in [6.45, 7) is 7.03. The number of hydrogen-bond acceptors (Lipinski definition) is 3. The molecule has 1 rings (SSSR count). The van der Waals surface area contributed by atoms with Crippen molar-refractivity contribution in [3.63, 3.8) is 0 Å². The second-order valence-corrected chi connectivity index (χ2v) is 6.03. The molecular weight excluding hydrogens is 256 g/mol. The molecule has 0 bridgehead atoms. The molecule has 0 radical (unpaired) electrons. The molecule has 0 heterocycles. The second kappa shape index (κ2) is 8.25. The van der Waals surface area contributed by atoms with E-state index in [1.807, 2.05) is 18.7 Å². The molecule has 5 heteroatoms. The Labute approximate surface area is 121 Å². The Balaban J connectivity index is 2.37. The average Bonchev–Trinajstić information content (AvgIpc) is 2.37. The lowest BCUT2D eigenvalue weighted by molar-refractivity contribution is -0.139. The number of carboxylic acids is 1. The van der Waals surface area contributed by atoms with Crippen molar-refractivity contribution in [2.75, 3.05) is 13.1 Å². The lowest BCUT2D eigenvalue weighted by Gasteiger charge is -2.30. The number of carbonyl (C=O) groups is 2. The summed E-state index contributed by atoms with van der Waals surface area (Å²) < 4.78 is 0. The third kappa shape index (κ3) is 5.90. The highest BCUT2D eigenvalue weighted by Crippen LogP contribution is 2.23. The van der Waals surface area contributed by atoms with Crippen LogP contribution in [0.15, 0.2) is 0 Å². The van der Waals surface area contributed by atoms with Gasteiger partial charge in [-0.05, 0) is 45.1 Å². The SMILES string of the molecule is CCN(CC(=O)NC1CCC(C)CC1)C(C)CC(=O)O. The van der Waals surface area contributed by atoms with Gasteiger partial charge in [-0.2, -0.15) is 0 Å². The van der Waals surface area contributed by atoms with Crippen molar-refractivity contribution >= 4 is 11.9 Å². The Morgan fingerprint density at radius 2 is 1.90 bits per heavy atom. The van der Waals surface area contributed by atoms with Crippen LogP contribution in [0.25, 0.3) is 0 Å². The Morgan fingerprint density at radius 1 is 1.30 bits per heavy atom. The van der Waals surface area contributed by atoms with Gasteiger partial charge in [-0.25, -0.2) is 0 Å². The van der Waals surface area contributed by atoms with Crippen LogP contribution in [0.3, 0.4) is 0 Å². The third-order valence-corrected chi connectivity index (χ3v) is 4.23. The quantitative estimate of drug-likeness (QED) is 0.749. The van der Waals surface area contributed by atoms with Crippen LogP contribution in [0.2, 0.25) is 0 Å². The number of carboxylic acid groups (broad SMARTS) is 1. The van der Waals surface area contributed by atoms with Gasteiger partial charge in [-0.15, -0.1) is 0 Å². The van der Waals surface area contributed by atoms with Crippen LogP contribution >= 0.6 is 0 Å². The molecule has 0 saturated heterocycles. The van der Waals surface area contributed by atoms with Crippen LogP contribution in [0.5, 0.6) is 0 Å². The topological polar surface area (TPSA) is 69.6 Å². The maximum absolute atomic E-state index is 12.1. The summed E-state index contributed by atoms with van der Waals surface area (Å²) in [5, 5.41) is 11.9. The molecule has 1 unspecified atom stereocenters. The highest BCUT2D eigenvalue weighted by molar-refractivity contribution is 5.78. The van der Waals surface area contributed by atoms with Crippen LogP contribution < -0.4 is 5.32 Å². The van der Waals surface area contributed by atoms with Crippen molar-refractivity contribution in [3.05, 3.63) is 0 Å². The van der Waals surface area contributed by atoms with Gasteiger partial charge in [-0.3, -0.25) is 14.5 Å². The predicted molar refractivity (Wildman–Crippen MR) is 78.5 cm³/mol. The maximum Gasteiger partial charge on any atom is 0.304 e. The highest BCUT2D eigenvalue weighted by atomic mass is 16.4. The molecule has 1 atom stereocenters. The molecule has 1 amide bonds. The first-order valence-electron chi connectivity index (χ1n) is 7.67. The number of hydrogen-bond donors (Lipinski definition) is 2. The van der Waals surface area contributed by atoms with Gasteiger partial charge in [0.05, 0.1) is 13.0 Å². The monoisotopic (exact) mass is 284 g/mol. The zero-order valence-corrected chi connectivity index (χ0v) is 12.9. The highest BCUT2D eigenvalue weighted by Gasteiger charge is 2.22. The number of aliphatic carboxylic acids is 1. The summed E-state index contributed by atoms with van der Waals surface area (Å²) >= 11 is 0. The van der Waals surface area contributed by atoms with Gasteiger partial charge in [0.1, 0.15) is 0 Å². The molecule has 0 aromatic heterocycles. The van der Waals surface area contributed by atoms with E-state index >= 15 is 0 Å². The summed E-state index contributed by atoms with van der Waals surface area (Å²) in [6, 6.07) is 0.182. The fourth-order valence-electron chi connectivity index (χ4n) is 2.82. The van der Waals surface area contributed by atoms with Crippen molar-refractivity contribution in [2.45, 2.75) is 65.0 Å². The number of nitrogens with zero attached hydrogens (tertiary/aromatic N) is 1. The molecule has 2 N–H and O–H groups in total. The summed E-state index contributed by atoms with van der Waals surface area (Å²) in [5.74, 6) is -0.0350. The molecule has 0 aromatic carbocycles. The fourth-order valence-corrected chi connectivity index (χ4v) is 2.82. The van der Waals surface area contributed by atoms with Crippen LogP contribution in [0.4, 0.5) is 0 Å². The standard InChI is InChI=1S/C15H28N2O3/c1-4-17(12(3)9-15(19)20)10-14(18)16-13-7-5-11(2)6-8-13/h11-13H,4-10H2,1-3H3,(H,16,18)(H,19,20). The van der Waals surface area contributed by atoms with E-state index in [9.17, 15) is 9.59 Å². The van der Waals surface area contributed by atoms with Crippen molar-refractivity contribution < 1.29 is 14.7 Å². The lowest BCUT2D eigenvalue weighted by atomic mass is 9.87. The summed E-state index contributed by atoms with van der Waals surface area (Å²) in [5.41, 5.74) is 0. The van der Waals surface area contributed by atoms with Crippen molar-refractivity contribution in [2.24, 2.45) is 5.92 Å². The molecule has 1 fully saturated rings. The van der Waals surface area contributed by atoms with Crippen molar-refractivity contribution in [3.8, 4) is 0 Å². The van der Waals surface area contributed by atoms with Gasteiger partial charge in [0.2, 0.25) is 5.91 Å². The van der Waals surface area contributed by atoms with Crippen molar-refractivity contribution in [1.82, 2.24) is 10.2 Å². The number of nitrogens with one attached hydrogen (secondary N) is 1. The van der Waals surface area contributed by atoms with Gasteiger partial charge in [-0.1, -0.05) is 13.8 Å². The van der Waals surface area contributed by atoms with E-state index in [1.54, 1.807) is 0 Å².